The van der Waals surface area contributed by atoms with E-state index >= 15 is 0 Å². The van der Waals surface area contributed by atoms with Crippen molar-refractivity contribution in [3.05, 3.63) is 21.9 Å². The molecule has 0 bridgehead atoms. The predicted octanol–water partition coefficient (Wildman–Crippen LogP) is 2.80. The van der Waals surface area contributed by atoms with Crippen molar-refractivity contribution in [3.8, 4) is 0 Å². The van der Waals surface area contributed by atoms with Gasteiger partial charge in [0.2, 0.25) is 0 Å². The van der Waals surface area contributed by atoms with Crippen LogP contribution in [0.3, 0.4) is 0 Å². The molecule has 1 atom stereocenters. The molecule has 1 aromatic heterocycles. The fourth-order valence-corrected chi connectivity index (χ4v) is 2.86. The van der Waals surface area contributed by atoms with Gasteiger partial charge < -0.3 is 5.32 Å². The number of carbonyl (C=O) groups is 1. The Morgan fingerprint density at radius 3 is 2.94 bits per heavy atom. The van der Waals surface area contributed by atoms with E-state index in [-0.39, 0.29) is 0 Å². The summed E-state index contributed by atoms with van der Waals surface area (Å²) < 4.78 is 36.3. The zero-order valence-corrected chi connectivity index (χ0v) is 9.12. The largest absolute Gasteiger partial charge is 0.471 e. The predicted molar refractivity (Wildman–Crippen MR) is 54.2 cm³/mol. The summed E-state index contributed by atoms with van der Waals surface area (Å²) in [4.78, 5) is 11.9. The first-order chi connectivity index (χ1) is 7.48. The van der Waals surface area contributed by atoms with Crippen LogP contribution in [-0.4, -0.2) is 12.1 Å². The van der Waals surface area contributed by atoms with Crippen LogP contribution in [-0.2, 0) is 11.2 Å². The summed E-state index contributed by atoms with van der Waals surface area (Å²) >= 11 is 1.53. The number of rotatable bonds is 1. The number of aryl methyl sites for hydroxylation is 1. The van der Waals surface area contributed by atoms with Crippen molar-refractivity contribution in [2.45, 2.75) is 31.5 Å². The number of halogens is 3. The fraction of sp³-hybridized carbons (Fsp3) is 0.500. The van der Waals surface area contributed by atoms with Crippen molar-refractivity contribution in [2.24, 2.45) is 0 Å². The first kappa shape index (κ1) is 11.4. The standard InChI is InChI=1S/C10H10F3NOS/c11-10(12,13)9(15)14-7-2-1-3-8-6(7)4-5-16-8/h4-5,7H,1-3H2,(H,14,15). The monoisotopic (exact) mass is 249 g/mol. The molecule has 16 heavy (non-hydrogen) atoms. The number of carbonyl (C=O) groups excluding carboxylic acids is 1. The van der Waals surface area contributed by atoms with Gasteiger partial charge in [-0.3, -0.25) is 4.79 Å². The fourth-order valence-electron chi connectivity index (χ4n) is 1.88. The van der Waals surface area contributed by atoms with Gasteiger partial charge in [0, 0.05) is 4.88 Å². The molecule has 1 aliphatic rings. The topological polar surface area (TPSA) is 29.1 Å². The second-order valence-electron chi connectivity index (χ2n) is 3.72. The van der Waals surface area contributed by atoms with Gasteiger partial charge in [0.05, 0.1) is 6.04 Å². The molecule has 0 saturated carbocycles. The molecule has 0 spiro atoms. The molecule has 1 N–H and O–H groups in total. The maximum absolute atomic E-state index is 12.1. The Balaban J connectivity index is 2.11. The third kappa shape index (κ3) is 2.21. The zero-order valence-electron chi connectivity index (χ0n) is 8.30. The number of hydrogen-bond acceptors (Lipinski definition) is 2. The Morgan fingerprint density at radius 1 is 1.50 bits per heavy atom. The number of nitrogens with one attached hydrogen (secondary N) is 1. The van der Waals surface area contributed by atoms with E-state index < -0.39 is 18.1 Å². The normalized spacial score (nSPS) is 20.3. The van der Waals surface area contributed by atoms with Crippen molar-refractivity contribution >= 4 is 17.2 Å². The number of hydrogen-bond donors (Lipinski definition) is 1. The molecule has 0 saturated heterocycles. The van der Waals surface area contributed by atoms with Crippen molar-refractivity contribution in [1.82, 2.24) is 5.32 Å². The van der Waals surface area contributed by atoms with Crippen LogP contribution < -0.4 is 5.32 Å². The Labute approximate surface area is 94.5 Å². The van der Waals surface area contributed by atoms with Gasteiger partial charge in [-0.15, -0.1) is 11.3 Å². The average Bonchev–Trinajstić information content (AvgIpc) is 2.65. The highest BCUT2D eigenvalue weighted by Gasteiger charge is 2.40. The van der Waals surface area contributed by atoms with Gasteiger partial charge >= 0.3 is 12.1 Å². The molecule has 1 unspecified atom stereocenters. The van der Waals surface area contributed by atoms with Crippen LogP contribution in [0.25, 0.3) is 0 Å². The molecule has 0 radical (unpaired) electrons. The van der Waals surface area contributed by atoms with E-state index in [1.807, 2.05) is 10.7 Å². The second kappa shape index (κ2) is 4.08. The van der Waals surface area contributed by atoms with E-state index in [2.05, 4.69) is 0 Å². The van der Waals surface area contributed by atoms with Gasteiger partial charge in [-0.1, -0.05) is 0 Å². The number of amides is 1. The summed E-state index contributed by atoms with van der Waals surface area (Å²) in [6, 6.07) is 1.31. The van der Waals surface area contributed by atoms with E-state index in [1.165, 1.54) is 11.3 Å². The van der Waals surface area contributed by atoms with Crippen molar-refractivity contribution in [1.29, 1.82) is 0 Å². The van der Waals surface area contributed by atoms with E-state index in [0.717, 1.165) is 23.3 Å². The summed E-state index contributed by atoms with van der Waals surface area (Å²) in [5, 5.41) is 3.89. The van der Waals surface area contributed by atoms with E-state index in [1.54, 1.807) is 6.07 Å². The van der Waals surface area contributed by atoms with E-state index in [0.29, 0.717) is 6.42 Å². The van der Waals surface area contributed by atoms with Gasteiger partial charge in [-0.2, -0.15) is 13.2 Å². The van der Waals surface area contributed by atoms with Crippen LogP contribution >= 0.6 is 11.3 Å². The van der Waals surface area contributed by atoms with Crippen LogP contribution in [0.15, 0.2) is 11.4 Å². The second-order valence-corrected chi connectivity index (χ2v) is 4.72. The van der Waals surface area contributed by atoms with E-state index in [4.69, 9.17) is 0 Å². The molecule has 0 aliphatic heterocycles. The molecule has 0 aromatic carbocycles. The average molecular weight is 249 g/mol. The SMILES string of the molecule is O=C(NC1CCCc2sccc21)C(F)(F)F. The van der Waals surface area contributed by atoms with Crippen molar-refractivity contribution < 1.29 is 18.0 Å². The highest BCUT2D eigenvalue weighted by atomic mass is 32.1. The third-order valence-electron chi connectivity index (χ3n) is 2.61. The molecule has 1 aliphatic carbocycles. The Kier molecular flexibility index (Phi) is 2.92. The Morgan fingerprint density at radius 2 is 2.25 bits per heavy atom. The minimum atomic E-state index is -4.80. The quantitative estimate of drug-likeness (QED) is 0.814. The maximum Gasteiger partial charge on any atom is 0.471 e. The molecule has 0 fully saturated rings. The van der Waals surface area contributed by atoms with Crippen molar-refractivity contribution in [2.75, 3.05) is 0 Å². The van der Waals surface area contributed by atoms with Crippen LogP contribution in [0, 0.1) is 0 Å². The first-order valence-corrected chi connectivity index (χ1v) is 5.80. The van der Waals surface area contributed by atoms with Crippen LogP contribution in [0.1, 0.15) is 29.3 Å². The molecule has 1 heterocycles. The Bertz CT molecular complexity index is 399. The van der Waals surface area contributed by atoms with Crippen LogP contribution in [0.4, 0.5) is 13.2 Å². The summed E-state index contributed by atoms with van der Waals surface area (Å²) in [6.07, 6.45) is -2.51. The lowest BCUT2D eigenvalue weighted by Crippen LogP contribution is -2.39. The lowest BCUT2D eigenvalue weighted by molar-refractivity contribution is -0.174. The molecular weight excluding hydrogens is 239 g/mol. The summed E-state index contributed by atoms with van der Waals surface area (Å²) in [7, 11) is 0. The summed E-state index contributed by atoms with van der Waals surface area (Å²) in [6.45, 7) is 0. The molecule has 88 valence electrons. The van der Waals surface area contributed by atoms with Gasteiger partial charge in [-0.05, 0) is 36.3 Å². The first-order valence-electron chi connectivity index (χ1n) is 4.92. The highest BCUT2D eigenvalue weighted by Crippen LogP contribution is 2.33. The molecule has 6 heteroatoms. The zero-order chi connectivity index (χ0) is 11.8. The molecule has 1 aromatic rings. The molecule has 1 amide bonds. The molecule has 2 nitrogen and oxygen atoms in total. The van der Waals surface area contributed by atoms with Crippen LogP contribution in [0.2, 0.25) is 0 Å². The number of thiophene rings is 1. The van der Waals surface area contributed by atoms with Gasteiger partial charge in [0.1, 0.15) is 0 Å². The minimum absolute atomic E-state index is 0.482. The third-order valence-corrected chi connectivity index (χ3v) is 3.61. The smallest absolute Gasteiger partial charge is 0.341 e. The highest BCUT2D eigenvalue weighted by molar-refractivity contribution is 7.10. The number of fused-ring (bicyclic) bond motifs is 1. The number of alkyl halides is 3. The summed E-state index contributed by atoms with van der Waals surface area (Å²) in [5.74, 6) is -1.85. The minimum Gasteiger partial charge on any atom is -0.341 e. The van der Waals surface area contributed by atoms with Gasteiger partial charge in [0.15, 0.2) is 0 Å². The maximum atomic E-state index is 12.1. The van der Waals surface area contributed by atoms with Crippen molar-refractivity contribution in [3.63, 3.8) is 0 Å². The molecule has 2 rings (SSSR count). The Hall–Kier alpha value is -1.04. The summed E-state index contributed by atoms with van der Waals surface area (Å²) in [5.41, 5.74) is 0.842. The lowest BCUT2D eigenvalue weighted by Gasteiger charge is -2.24. The lowest BCUT2D eigenvalue weighted by atomic mass is 9.94. The van der Waals surface area contributed by atoms with E-state index in [9.17, 15) is 18.0 Å². The van der Waals surface area contributed by atoms with Gasteiger partial charge in [-0.25, -0.2) is 0 Å². The van der Waals surface area contributed by atoms with Crippen LogP contribution in [0.5, 0.6) is 0 Å². The van der Waals surface area contributed by atoms with Gasteiger partial charge in [0.25, 0.3) is 0 Å². The molecular formula is C10H10F3NOS.